The van der Waals surface area contributed by atoms with Crippen LogP contribution in [0.4, 0.5) is 0 Å². The molecule has 1 N–H and O–H groups in total. The molecule has 0 unspecified atom stereocenters. The Morgan fingerprint density at radius 3 is 2.50 bits per heavy atom. The highest BCUT2D eigenvalue weighted by Gasteiger charge is 2.14. The van der Waals surface area contributed by atoms with E-state index in [0.29, 0.717) is 28.8 Å². The largest absolute Gasteiger partial charge is 0.493 e. The van der Waals surface area contributed by atoms with Crippen molar-refractivity contribution in [3.8, 4) is 22.8 Å². The third-order valence-corrected chi connectivity index (χ3v) is 4.02. The first kappa shape index (κ1) is 17.8. The zero-order valence-electron chi connectivity index (χ0n) is 14.3. The summed E-state index contributed by atoms with van der Waals surface area (Å²) in [5.74, 6) is 1.40. The Morgan fingerprint density at radius 1 is 1.08 bits per heavy atom. The van der Waals surface area contributed by atoms with E-state index in [9.17, 15) is 4.79 Å². The van der Waals surface area contributed by atoms with E-state index < -0.39 is 0 Å². The minimum atomic E-state index is -0.330. The molecule has 0 atom stereocenters. The molecule has 134 valence electrons. The summed E-state index contributed by atoms with van der Waals surface area (Å²) in [7, 11) is 3.13. The van der Waals surface area contributed by atoms with Gasteiger partial charge in [-0.3, -0.25) is 4.79 Å². The average molecular weight is 373 g/mol. The smallest absolute Gasteiger partial charge is 0.273 e. The van der Waals surface area contributed by atoms with Gasteiger partial charge in [0.05, 0.1) is 14.2 Å². The maximum Gasteiger partial charge on any atom is 0.273 e. The zero-order chi connectivity index (χ0) is 18.5. The summed E-state index contributed by atoms with van der Waals surface area (Å²) in [6, 6.07) is 14.1. The number of benzene rings is 2. The standard InChI is InChI=1S/C19H17ClN2O4/c1-24-16-8-3-12(9-18(16)25-2)11-21-19(23)15-10-17(26-22-15)13-4-6-14(20)7-5-13/h3-10H,11H2,1-2H3,(H,21,23). The van der Waals surface area contributed by atoms with Crippen molar-refractivity contribution in [3.05, 3.63) is 64.8 Å². The molecule has 0 saturated heterocycles. The minimum Gasteiger partial charge on any atom is -0.493 e. The second kappa shape index (κ2) is 7.93. The highest BCUT2D eigenvalue weighted by Crippen LogP contribution is 2.27. The van der Waals surface area contributed by atoms with Crippen molar-refractivity contribution in [1.82, 2.24) is 10.5 Å². The second-order valence-corrected chi connectivity index (χ2v) is 5.89. The van der Waals surface area contributed by atoms with Gasteiger partial charge in [-0.15, -0.1) is 0 Å². The Hall–Kier alpha value is -2.99. The molecule has 0 aliphatic rings. The predicted octanol–water partition coefficient (Wildman–Crippen LogP) is 3.94. The molecule has 0 aliphatic heterocycles. The van der Waals surface area contributed by atoms with Crippen LogP contribution in [-0.4, -0.2) is 25.3 Å². The summed E-state index contributed by atoms with van der Waals surface area (Å²) < 4.78 is 15.7. The number of nitrogens with zero attached hydrogens (tertiary/aromatic N) is 1. The summed E-state index contributed by atoms with van der Waals surface area (Å²) in [5, 5.41) is 7.25. The van der Waals surface area contributed by atoms with E-state index in [1.807, 2.05) is 6.07 Å². The first-order valence-electron chi connectivity index (χ1n) is 7.82. The van der Waals surface area contributed by atoms with E-state index in [1.165, 1.54) is 0 Å². The van der Waals surface area contributed by atoms with Gasteiger partial charge in [0.1, 0.15) is 0 Å². The molecule has 1 aromatic heterocycles. The number of hydrogen-bond donors (Lipinski definition) is 1. The molecule has 6 nitrogen and oxygen atoms in total. The number of nitrogens with one attached hydrogen (secondary N) is 1. The molecular weight excluding hydrogens is 356 g/mol. The van der Waals surface area contributed by atoms with Gasteiger partial charge in [0.2, 0.25) is 0 Å². The number of aromatic nitrogens is 1. The van der Waals surface area contributed by atoms with Gasteiger partial charge in [0, 0.05) is 23.2 Å². The van der Waals surface area contributed by atoms with Crippen molar-refractivity contribution in [3.63, 3.8) is 0 Å². The quantitative estimate of drug-likeness (QED) is 0.709. The molecular formula is C19H17ClN2O4. The van der Waals surface area contributed by atoms with Crippen LogP contribution in [0, 0.1) is 0 Å². The van der Waals surface area contributed by atoms with Gasteiger partial charge in [-0.2, -0.15) is 0 Å². The monoisotopic (exact) mass is 372 g/mol. The van der Waals surface area contributed by atoms with Gasteiger partial charge in [-0.1, -0.05) is 22.8 Å². The van der Waals surface area contributed by atoms with E-state index >= 15 is 0 Å². The van der Waals surface area contributed by atoms with Gasteiger partial charge in [0.25, 0.3) is 5.91 Å². The number of carbonyl (C=O) groups is 1. The molecule has 7 heteroatoms. The molecule has 0 radical (unpaired) electrons. The number of hydrogen-bond acceptors (Lipinski definition) is 5. The maximum atomic E-state index is 12.3. The highest BCUT2D eigenvalue weighted by molar-refractivity contribution is 6.30. The summed E-state index contributed by atoms with van der Waals surface area (Å²) in [5.41, 5.74) is 1.87. The highest BCUT2D eigenvalue weighted by atomic mass is 35.5. The van der Waals surface area contributed by atoms with Crippen LogP contribution in [0.15, 0.2) is 53.1 Å². The van der Waals surface area contributed by atoms with Crippen LogP contribution in [0.1, 0.15) is 16.1 Å². The molecule has 1 amide bonds. The van der Waals surface area contributed by atoms with E-state index in [2.05, 4.69) is 10.5 Å². The fourth-order valence-electron chi connectivity index (χ4n) is 2.40. The molecule has 0 aliphatic carbocycles. The van der Waals surface area contributed by atoms with Crippen LogP contribution in [0.5, 0.6) is 11.5 Å². The van der Waals surface area contributed by atoms with Gasteiger partial charge in [-0.25, -0.2) is 0 Å². The first-order valence-corrected chi connectivity index (χ1v) is 8.20. The number of carbonyl (C=O) groups excluding carboxylic acids is 1. The molecule has 3 aromatic rings. The number of rotatable bonds is 6. The Bertz CT molecular complexity index is 906. The summed E-state index contributed by atoms with van der Waals surface area (Å²) >= 11 is 5.87. The third-order valence-electron chi connectivity index (χ3n) is 3.77. The lowest BCUT2D eigenvalue weighted by Gasteiger charge is -2.09. The zero-order valence-corrected chi connectivity index (χ0v) is 15.0. The first-order chi connectivity index (χ1) is 12.6. The van der Waals surface area contributed by atoms with Gasteiger partial charge >= 0.3 is 0 Å². The molecule has 0 spiro atoms. The van der Waals surface area contributed by atoms with Crippen molar-refractivity contribution in [1.29, 1.82) is 0 Å². The number of methoxy groups -OCH3 is 2. The topological polar surface area (TPSA) is 73.6 Å². The lowest BCUT2D eigenvalue weighted by molar-refractivity contribution is 0.0942. The molecule has 1 heterocycles. The number of halogens is 1. The van der Waals surface area contributed by atoms with E-state index in [1.54, 1.807) is 56.7 Å². The van der Waals surface area contributed by atoms with Gasteiger partial charge in [-0.05, 0) is 42.0 Å². The Balaban J connectivity index is 1.66. The Labute approximate surface area is 155 Å². The summed E-state index contributed by atoms with van der Waals surface area (Å²) in [4.78, 5) is 12.3. The summed E-state index contributed by atoms with van der Waals surface area (Å²) in [6.07, 6.45) is 0. The maximum absolute atomic E-state index is 12.3. The van der Waals surface area contributed by atoms with Crippen molar-refractivity contribution in [2.24, 2.45) is 0 Å². The Kier molecular flexibility index (Phi) is 5.43. The average Bonchev–Trinajstić information content (AvgIpc) is 3.16. The normalized spacial score (nSPS) is 10.4. The van der Waals surface area contributed by atoms with Crippen LogP contribution in [-0.2, 0) is 6.54 Å². The van der Waals surface area contributed by atoms with Crippen molar-refractivity contribution in [2.45, 2.75) is 6.54 Å². The third kappa shape index (κ3) is 3.97. The Morgan fingerprint density at radius 2 is 1.81 bits per heavy atom. The molecule has 3 rings (SSSR count). The fraction of sp³-hybridized carbons (Fsp3) is 0.158. The van der Waals surface area contributed by atoms with Crippen LogP contribution in [0.3, 0.4) is 0 Å². The molecule has 0 fully saturated rings. The van der Waals surface area contributed by atoms with Crippen LogP contribution >= 0.6 is 11.6 Å². The van der Waals surface area contributed by atoms with E-state index in [4.69, 9.17) is 25.6 Å². The molecule has 26 heavy (non-hydrogen) atoms. The lowest BCUT2D eigenvalue weighted by Crippen LogP contribution is -2.23. The van der Waals surface area contributed by atoms with Crippen molar-refractivity contribution >= 4 is 17.5 Å². The van der Waals surface area contributed by atoms with Crippen LogP contribution in [0.25, 0.3) is 11.3 Å². The van der Waals surface area contributed by atoms with E-state index in [-0.39, 0.29) is 11.6 Å². The van der Waals surface area contributed by atoms with Gasteiger partial charge < -0.3 is 19.3 Å². The molecule has 0 bridgehead atoms. The van der Waals surface area contributed by atoms with Crippen molar-refractivity contribution < 1.29 is 18.8 Å². The number of amides is 1. The van der Waals surface area contributed by atoms with Crippen LogP contribution in [0.2, 0.25) is 5.02 Å². The molecule has 0 saturated carbocycles. The number of ether oxygens (including phenoxy) is 2. The van der Waals surface area contributed by atoms with Crippen molar-refractivity contribution in [2.75, 3.05) is 14.2 Å². The summed E-state index contributed by atoms with van der Waals surface area (Å²) in [6.45, 7) is 0.322. The van der Waals surface area contributed by atoms with E-state index in [0.717, 1.165) is 11.1 Å². The van der Waals surface area contributed by atoms with Gasteiger partial charge in [0.15, 0.2) is 23.0 Å². The minimum absolute atomic E-state index is 0.204. The lowest BCUT2D eigenvalue weighted by atomic mass is 10.1. The predicted molar refractivity (Wildman–Crippen MR) is 97.7 cm³/mol. The fourth-order valence-corrected chi connectivity index (χ4v) is 2.52. The molecule has 2 aromatic carbocycles. The van der Waals surface area contributed by atoms with Crippen LogP contribution < -0.4 is 14.8 Å². The SMILES string of the molecule is COc1ccc(CNC(=O)c2cc(-c3ccc(Cl)cc3)on2)cc1OC. The second-order valence-electron chi connectivity index (χ2n) is 5.46.